The van der Waals surface area contributed by atoms with E-state index in [0.717, 1.165) is 18.2 Å². The van der Waals surface area contributed by atoms with Gasteiger partial charge in [0.25, 0.3) is 0 Å². The van der Waals surface area contributed by atoms with Crippen molar-refractivity contribution >= 4 is 69.9 Å². The van der Waals surface area contributed by atoms with E-state index in [2.05, 4.69) is 152 Å². The summed E-state index contributed by atoms with van der Waals surface area (Å²) >= 11 is 1.87. The van der Waals surface area contributed by atoms with E-state index < -0.39 is 0 Å². The van der Waals surface area contributed by atoms with Gasteiger partial charge in [-0.05, 0) is 115 Å². The second-order valence-corrected chi connectivity index (χ2v) is 13.6. The van der Waals surface area contributed by atoms with Gasteiger partial charge in [0.2, 0.25) is 0 Å². The summed E-state index contributed by atoms with van der Waals surface area (Å²) < 4.78 is 2.67. The molecule has 0 saturated carbocycles. The van der Waals surface area contributed by atoms with Crippen molar-refractivity contribution in [2.75, 3.05) is 0 Å². The van der Waals surface area contributed by atoms with Gasteiger partial charge in [-0.3, -0.25) is 0 Å². The zero-order valence-electron chi connectivity index (χ0n) is 25.7. The van der Waals surface area contributed by atoms with Crippen LogP contribution in [0.15, 0.2) is 140 Å². The Kier molecular flexibility index (Phi) is 5.89. The van der Waals surface area contributed by atoms with E-state index >= 15 is 0 Å². The fraction of sp³-hybridized carbons (Fsp3) is 0.0435. The molecule has 8 aromatic carbocycles. The molecular weight excluding hydrogens is 585 g/mol. The molecule has 0 N–H and O–H groups in total. The summed E-state index contributed by atoms with van der Waals surface area (Å²) in [5.41, 5.74) is 10.2. The molecule has 10 rings (SSSR count). The molecule has 1 heterocycles. The standard InChI is InChI=1S/C46H28S/c1-2-15-34-29(11-1)23-24-30-12-10-21-40(44(30)34)46-38-19-5-3-17-36(38)45(37-18-4-6-20-39(37)46)33-14-9-13-31(27-33)32-25-26-43-41(28-32)35-16-7-8-22-42(35)47-43/h1,3-5,7-14,16-19,21-28H,2,15H2. The van der Waals surface area contributed by atoms with Gasteiger partial charge in [0.05, 0.1) is 0 Å². The number of hydrogen-bond donors (Lipinski definition) is 0. The fourth-order valence-corrected chi connectivity index (χ4v) is 8.97. The Bertz CT molecular complexity index is 2680. The fourth-order valence-electron chi connectivity index (χ4n) is 7.89. The molecular formula is C46H28S. The van der Waals surface area contributed by atoms with Gasteiger partial charge >= 0.3 is 0 Å². The van der Waals surface area contributed by atoms with Crippen molar-refractivity contribution in [3.8, 4) is 33.4 Å². The SMILES string of the molecule is c1ccc2c(-c3cccc(-c4ccc5sc6ccccc6c5c4)c3)c3ccccc3c(-c3cccc4ccc5c(c34)CCC=C5)c2c#1. The molecule has 0 amide bonds. The summed E-state index contributed by atoms with van der Waals surface area (Å²) in [4.78, 5) is 0. The smallest absolute Gasteiger partial charge is 0.0412 e. The first-order valence-corrected chi connectivity index (χ1v) is 17.1. The van der Waals surface area contributed by atoms with Gasteiger partial charge < -0.3 is 0 Å². The quantitative estimate of drug-likeness (QED) is 0.186. The van der Waals surface area contributed by atoms with E-state index in [4.69, 9.17) is 0 Å². The molecule has 218 valence electrons. The molecule has 0 bridgehead atoms. The van der Waals surface area contributed by atoms with Crippen LogP contribution in [0, 0.1) is 12.1 Å². The van der Waals surface area contributed by atoms with Crippen molar-refractivity contribution in [2.24, 2.45) is 0 Å². The van der Waals surface area contributed by atoms with Crippen LogP contribution in [0.1, 0.15) is 17.5 Å². The van der Waals surface area contributed by atoms with Crippen molar-refractivity contribution in [1.82, 2.24) is 0 Å². The van der Waals surface area contributed by atoms with Gasteiger partial charge in [0.1, 0.15) is 0 Å². The highest BCUT2D eigenvalue weighted by Gasteiger charge is 2.20. The van der Waals surface area contributed by atoms with Crippen molar-refractivity contribution in [2.45, 2.75) is 12.8 Å². The van der Waals surface area contributed by atoms with Crippen LogP contribution in [0.3, 0.4) is 0 Å². The summed E-state index contributed by atoms with van der Waals surface area (Å²) in [6.07, 6.45) is 6.73. The highest BCUT2D eigenvalue weighted by Crippen LogP contribution is 2.46. The Morgan fingerprint density at radius 1 is 0.553 bits per heavy atom. The van der Waals surface area contributed by atoms with Crippen molar-refractivity contribution < 1.29 is 0 Å². The van der Waals surface area contributed by atoms with Crippen LogP contribution in [0.25, 0.3) is 91.9 Å². The summed E-state index contributed by atoms with van der Waals surface area (Å²) in [5, 5.41) is 10.1. The maximum absolute atomic E-state index is 3.61. The molecule has 1 aliphatic carbocycles. The third-order valence-electron chi connectivity index (χ3n) is 9.96. The molecule has 0 radical (unpaired) electrons. The van der Waals surface area contributed by atoms with Gasteiger partial charge in [0, 0.05) is 31.1 Å². The zero-order valence-corrected chi connectivity index (χ0v) is 26.5. The molecule has 1 aromatic heterocycles. The predicted octanol–water partition coefficient (Wildman–Crippen LogP) is 13.1. The average Bonchev–Trinajstić information content (AvgIpc) is 3.51. The topological polar surface area (TPSA) is 0 Å². The molecule has 0 fully saturated rings. The molecule has 0 spiro atoms. The van der Waals surface area contributed by atoms with Gasteiger partial charge in [-0.25, -0.2) is 0 Å². The third kappa shape index (κ3) is 4.09. The number of allylic oxidation sites excluding steroid dienone is 1. The summed E-state index contributed by atoms with van der Waals surface area (Å²) in [5.74, 6) is 0. The third-order valence-corrected chi connectivity index (χ3v) is 11.1. The number of hydrogen-bond acceptors (Lipinski definition) is 1. The van der Waals surface area contributed by atoms with E-state index in [0.29, 0.717) is 0 Å². The monoisotopic (exact) mass is 612 g/mol. The molecule has 0 nitrogen and oxygen atoms in total. The highest BCUT2D eigenvalue weighted by molar-refractivity contribution is 7.25. The molecule has 0 unspecified atom stereocenters. The summed E-state index contributed by atoms with van der Waals surface area (Å²) in [7, 11) is 0. The van der Waals surface area contributed by atoms with Gasteiger partial charge in [-0.2, -0.15) is 0 Å². The van der Waals surface area contributed by atoms with Crippen LogP contribution in [0.2, 0.25) is 0 Å². The van der Waals surface area contributed by atoms with Crippen LogP contribution in [0.5, 0.6) is 0 Å². The minimum atomic E-state index is 1.06. The van der Waals surface area contributed by atoms with Gasteiger partial charge in [0.15, 0.2) is 0 Å². The van der Waals surface area contributed by atoms with E-state index in [1.54, 1.807) is 0 Å². The number of thiophene rings is 1. The first-order chi connectivity index (χ1) is 23.3. The van der Waals surface area contributed by atoms with E-state index in [1.165, 1.54) is 91.6 Å². The Morgan fingerprint density at radius 3 is 2.28 bits per heavy atom. The van der Waals surface area contributed by atoms with Crippen molar-refractivity contribution in [1.29, 1.82) is 0 Å². The lowest BCUT2D eigenvalue weighted by Gasteiger charge is -2.20. The predicted molar refractivity (Wildman–Crippen MR) is 203 cm³/mol. The Labute approximate surface area is 277 Å². The number of aryl methyl sites for hydroxylation is 1. The van der Waals surface area contributed by atoms with Crippen LogP contribution in [-0.2, 0) is 6.42 Å². The first-order valence-electron chi connectivity index (χ1n) is 16.3. The van der Waals surface area contributed by atoms with E-state index in [1.807, 2.05) is 17.4 Å². The Balaban J connectivity index is 1.23. The molecule has 0 aliphatic heterocycles. The maximum Gasteiger partial charge on any atom is 0.0412 e. The zero-order chi connectivity index (χ0) is 30.9. The Hall–Kier alpha value is -5.68. The van der Waals surface area contributed by atoms with Crippen LogP contribution in [-0.4, -0.2) is 0 Å². The lowest BCUT2D eigenvalue weighted by atomic mass is 9.82. The lowest BCUT2D eigenvalue weighted by molar-refractivity contribution is 0.997. The first kappa shape index (κ1) is 26.5. The van der Waals surface area contributed by atoms with Crippen LogP contribution >= 0.6 is 11.3 Å². The molecule has 9 aromatic rings. The second-order valence-electron chi connectivity index (χ2n) is 12.6. The van der Waals surface area contributed by atoms with Crippen molar-refractivity contribution in [3.63, 3.8) is 0 Å². The number of benzene rings is 7. The van der Waals surface area contributed by atoms with Crippen molar-refractivity contribution in [3.05, 3.63) is 163 Å². The van der Waals surface area contributed by atoms with Gasteiger partial charge in [-0.1, -0.05) is 121 Å². The second kappa shape index (κ2) is 10.4. The molecule has 0 atom stereocenters. The summed E-state index contributed by atoms with van der Waals surface area (Å²) in [6, 6.07) is 56.2. The van der Waals surface area contributed by atoms with Crippen LogP contribution in [0.4, 0.5) is 0 Å². The van der Waals surface area contributed by atoms with Crippen LogP contribution < -0.4 is 0 Å². The maximum atomic E-state index is 3.61. The minimum Gasteiger partial charge on any atom is -0.135 e. The Morgan fingerprint density at radius 2 is 1.34 bits per heavy atom. The number of rotatable bonds is 3. The average molecular weight is 613 g/mol. The normalized spacial score (nSPS) is 12.7. The largest absolute Gasteiger partial charge is 0.135 e. The summed E-state index contributed by atoms with van der Waals surface area (Å²) in [6.45, 7) is 0. The minimum absolute atomic E-state index is 1.06. The molecule has 47 heavy (non-hydrogen) atoms. The molecule has 0 saturated heterocycles. The van der Waals surface area contributed by atoms with E-state index in [9.17, 15) is 0 Å². The highest BCUT2D eigenvalue weighted by atomic mass is 32.1. The van der Waals surface area contributed by atoms with E-state index in [-0.39, 0.29) is 0 Å². The molecule has 1 aliphatic rings. The number of fused-ring (bicyclic) bond motifs is 8. The van der Waals surface area contributed by atoms with Gasteiger partial charge in [-0.15, -0.1) is 11.3 Å². The lowest BCUT2D eigenvalue weighted by Crippen LogP contribution is -1.98. The molecule has 1 heteroatoms.